The first kappa shape index (κ1) is 18.6. The van der Waals surface area contributed by atoms with Gasteiger partial charge in [-0.05, 0) is 61.0 Å². The van der Waals surface area contributed by atoms with Gasteiger partial charge in [-0.2, -0.15) is 5.10 Å². The first-order chi connectivity index (χ1) is 13.7. The molecule has 28 heavy (non-hydrogen) atoms. The van der Waals surface area contributed by atoms with Gasteiger partial charge in [0.25, 0.3) is 0 Å². The van der Waals surface area contributed by atoms with Crippen LogP contribution in [-0.4, -0.2) is 28.0 Å². The standard InChI is InChI=1S/C21H24N4O2S/c1-23-20(14-27-17-8-4-3-5-9-17)22-25(21(23)28)15-24-12-6-7-16-13-18(26-2)10-11-19(16)24/h3-5,8-11,13H,6-7,12,14-15H2,1-2H3. The second kappa shape index (κ2) is 8.06. The monoisotopic (exact) mass is 396 g/mol. The van der Waals surface area contributed by atoms with E-state index in [1.165, 1.54) is 11.3 Å². The molecule has 146 valence electrons. The van der Waals surface area contributed by atoms with Crippen LogP contribution < -0.4 is 14.4 Å². The molecule has 0 saturated heterocycles. The minimum atomic E-state index is 0.380. The first-order valence-electron chi connectivity index (χ1n) is 9.38. The lowest BCUT2D eigenvalue weighted by Gasteiger charge is -2.31. The predicted molar refractivity (Wildman–Crippen MR) is 111 cm³/mol. The molecule has 0 aliphatic carbocycles. The fourth-order valence-electron chi connectivity index (χ4n) is 3.50. The number of para-hydroxylation sites is 1. The number of aryl methyl sites for hydroxylation is 1. The van der Waals surface area contributed by atoms with Crippen molar-refractivity contribution in [3.05, 3.63) is 64.7 Å². The van der Waals surface area contributed by atoms with Gasteiger partial charge in [0.15, 0.2) is 10.6 Å². The van der Waals surface area contributed by atoms with Crippen molar-refractivity contribution in [1.82, 2.24) is 14.3 Å². The normalized spacial score (nSPS) is 13.3. The van der Waals surface area contributed by atoms with Crippen molar-refractivity contribution >= 4 is 17.9 Å². The van der Waals surface area contributed by atoms with Gasteiger partial charge in [-0.15, -0.1) is 0 Å². The summed E-state index contributed by atoms with van der Waals surface area (Å²) in [7, 11) is 3.64. The summed E-state index contributed by atoms with van der Waals surface area (Å²) in [5.74, 6) is 2.53. The van der Waals surface area contributed by atoms with E-state index in [0.29, 0.717) is 18.0 Å². The van der Waals surface area contributed by atoms with Gasteiger partial charge < -0.3 is 18.9 Å². The number of rotatable bonds is 6. The minimum absolute atomic E-state index is 0.380. The van der Waals surface area contributed by atoms with Crippen LogP contribution in [0.25, 0.3) is 0 Å². The summed E-state index contributed by atoms with van der Waals surface area (Å²) in [6.07, 6.45) is 2.16. The average molecular weight is 397 g/mol. The summed E-state index contributed by atoms with van der Waals surface area (Å²) >= 11 is 5.61. The van der Waals surface area contributed by atoms with Crippen molar-refractivity contribution < 1.29 is 9.47 Å². The van der Waals surface area contributed by atoms with Gasteiger partial charge in [-0.1, -0.05) is 18.2 Å². The zero-order valence-electron chi connectivity index (χ0n) is 16.2. The van der Waals surface area contributed by atoms with Crippen LogP contribution in [-0.2, 0) is 26.7 Å². The third-order valence-corrected chi connectivity index (χ3v) is 5.53. The molecule has 0 N–H and O–H groups in total. The van der Waals surface area contributed by atoms with Crippen LogP contribution in [0.2, 0.25) is 0 Å². The molecule has 0 radical (unpaired) electrons. The van der Waals surface area contributed by atoms with Crippen molar-refractivity contribution in [3.8, 4) is 11.5 Å². The zero-order chi connectivity index (χ0) is 19.5. The Hall–Kier alpha value is -2.80. The van der Waals surface area contributed by atoms with Crippen LogP contribution in [0.5, 0.6) is 11.5 Å². The summed E-state index contributed by atoms with van der Waals surface area (Å²) in [5, 5.41) is 4.71. The number of anilines is 1. The van der Waals surface area contributed by atoms with Crippen LogP contribution in [0.15, 0.2) is 48.5 Å². The quantitative estimate of drug-likeness (QED) is 0.591. The van der Waals surface area contributed by atoms with E-state index >= 15 is 0 Å². The van der Waals surface area contributed by atoms with Gasteiger partial charge >= 0.3 is 0 Å². The van der Waals surface area contributed by atoms with Crippen molar-refractivity contribution in [2.45, 2.75) is 26.1 Å². The summed E-state index contributed by atoms with van der Waals surface area (Å²) in [6, 6.07) is 16.0. The van der Waals surface area contributed by atoms with Crippen LogP contribution in [0, 0.1) is 4.77 Å². The minimum Gasteiger partial charge on any atom is -0.497 e. The molecule has 0 unspecified atom stereocenters. The fraction of sp³-hybridized carbons (Fsp3) is 0.333. The van der Waals surface area contributed by atoms with Crippen LogP contribution in [0.3, 0.4) is 0 Å². The molecule has 0 fully saturated rings. The van der Waals surface area contributed by atoms with E-state index in [1.807, 2.05) is 52.7 Å². The Morgan fingerprint density at radius 1 is 1.11 bits per heavy atom. The molecule has 0 saturated carbocycles. The second-order valence-electron chi connectivity index (χ2n) is 6.86. The summed E-state index contributed by atoms with van der Waals surface area (Å²) < 4.78 is 15.7. The molecule has 0 bridgehead atoms. The molecule has 0 amide bonds. The third-order valence-electron chi connectivity index (χ3n) is 5.05. The molecule has 4 rings (SSSR count). The lowest BCUT2D eigenvalue weighted by molar-refractivity contribution is 0.290. The lowest BCUT2D eigenvalue weighted by atomic mass is 10.0. The number of aromatic nitrogens is 3. The molecule has 0 atom stereocenters. The summed E-state index contributed by atoms with van der Waals surface area (Å²) in [4.78, 5) is 2.32. The largest absolute Gasteiger partial charge is 0.497 e. The molecule has 0 spiro atoms. The molecule has 2 heterocycles. The molecule has 6 nitrogen and oxygen atoms in total. The molecular formula is C21H24N4O2S. The number of benzene rings is 2. The molecular weight excluding hydrogens is 372 g/mol. The maximum atomic E-state index is 5.84. The van der Waals surface area contributed by atoms with Gasteiger partial charge in [-0.25, -0.2) is 4.68 Å². The molecule has 1 aliphatic rings. The van der Waals surface area contributed by atoms with Crippen LogP contribution in [0.1, 0.15) is 17.8 Å². The maximum Gasteiger partial charge on any atom is 0.199 e. The smallest absolute Gasteiger partial charge is 0.199 e. The van der Waals surface area contributed by atoms with E-state index in [2.05, 4.69) is 17.0 Å². The average Bonchev–Trinajstić information content (AvgIpc) is 3.00. The highest BCUT2D eigenvalue weighted by Gasteiger charge is 2.19. The highest BCUT2D eigenvalue weighted by Crippen LogP contribution is 2.30. The van der Waals surface area contributed by atoms with E-state index in [4.69, 9.17) is 26.8 Å². The second-order valence-corrected chi connectivity index (χ2v) is 7.23. The highest BCUT2D eigenvalue weighted by molar-refractivity contribution is 7.71. The lowest BCUT2D eigenvalue weighted by Crippen LogP contribution is -2.32. The van der Waals surface area contributed by atoms with Crippen molar-refractivity contribution in [1.29, 1.82) is 0 Å². The number of hydrogen-bond donors (Lipinski definition) is 0. The third kappa shape index (κ3) is 3.75. The Morgan fingerprint density at radius 2 is 1.93 bits per heavy atom. The number of nitrogens with zero attached hydrogens (tertiary/aromatic N) is 4. The van der Waals surface area contributed by atoms with Crippen LogP contribution >= 0.6 is 12.2 Å². The Morgan fingerprint density at radius 3 is 2.71 bits per heavy atom. The van der Waals surface area contributed by atoms with E-state index in [1.54, 1.807) is 7.11 Å². The van der Waals surface area contributed by atoms with Gasteiger partial charge in [0.05, 0.1) is 7.11 Å². The van der Waals surface area contributed by atoms with Crippen LogP contribution in [0.4, 0.5) is 5.69 Å². The maximum absolute atomic E-state index is 5.84. The molecule has 1 aliphatic heterocycles. The predicted octanol–water partition coefficient (Wildman–Crippen LogP) is 3.95. The SMILES string of the molecule is COc1ccc2c(c1)CCCN2Cn1nc(COc2ccccc2)n(C)c1=S. The van der Waals surface area contributed by atoms with Gasteiger partial charge in [0, 0.05) is 19.3 Å². The number of hydrogen-bond acceptors (Lipinski definition) is 5. The topological polar surface area (TPSA) is 44.4 Å². The van der Waals surface area contributed by atoms with E-state index in [-0.39, 0.29) is 0 Å². The van der Waals surface area contributed by atoms with Gasteiger partial charge in [-0.3, -0.25) is 0 Å². The Balaban J connectivity index is 1.52. The van der Waals surface area contributed by atoms with E-state index < -0.39 is 0 Å². The summed E-state index contributed by atoms with van der Waals surface area (Å²) in [5.41, 5.74) is 2.53. The zero-order valence-corrected chi connectivity index (χ0v) is 17.0. The van der Waals surface area contributed by atoms with Crippen molar-refractivity contribution in [2.24, 2.45) is 7.05 Å². The highest BCUT2D eigenvalue weighted by atomic mass is 32.1. The van der Waals surface area contributed by atoms with E-state index in [9.17, 15) is 0 Å². The number of ether oxygens (including phenoxy) is 2. The Bertz CT molecular complexity index is 1010. The fourth-order valence-corrected chi connectivity index (χ4v) is 3.71. The Labute approximate surface area is 169 Å². The Kier molecular flexibility index (Phi) is 5.34. The molecule has 1 aromatic heterocycles. The van der Waals surface area contributed by atoms with Crippen molar-refractivity contribution in [3.63, 3.8) is 0 Å². The van der Waals surface area contributed by atoms with Gasteiger partial charge in [0.1, 0.15) is 24.8 Å². The molecule has 2 aromatic carbocycles. The van der Waals surface area contributed by atoms with E-state index in [0.717, 1.165) is 36.7 Å². The molecule has 7 heteroatoms. The molecule has 3 aromatic rings. The number of methoxy groups -OCH3 is 1. The van der Waals surface area contributed by atoms with Crippen molar-refractivity contribution in [2.75, 3.05) is 18.6 Å². The van der Waals surface area contributed by atoms with Gasteiger partial charge in [0.2, 0.25) is 0 Å². The first-order valence-corrected chi connectivity index (χ1v) is 9.79. The summed E-state index contributed by atoms with van der Waals surface area (Å²) in [6.45, 7) is 1.98. The number of fused-ring (bicyclic) bond motifs is 1.